The van der Waals surface area contributed by atoms with E-state index in [4.69, 9.17) is 9.47 Å². The Kier molecular flexibility index (Phi) is 8.27. The third kappa shape index (κ3) is 6.23. The van der Waals surface area contributed by atoms with Gasteiger partial charge in [0, 0.05) is 10.4 Å². The van der Waals surface area contributed by atoms with Gasteiger partial charge in [0.25, 0.3) is 11.8 Å². The minimum Gasteiger partial charge on any atom is -0.493 e. The van der Waals surface area contributed by atoms with E-state index in [1.807, 2.05) is 55.6 Å². The van der Waals surface area contributed by atoms with Crippen LogP contribution in [0, 0.1) is 6.92 Å². The van der Waals surface area contributed by atoms with Gasteiger partial charge in [0.05, 0.1) is 20.3 Å². The van der Waals surface area contributed by atoms with Gasteiger partial charge in [-0.1, -0.05) is 42.8 Å². The highest BCUT2D eigenvalue weighted by Gasteiger charge is 2.20. The normalized spacial score (nSPS) is 12.1. The lowest BCUT2D eigenvalue weighted by Gasteiger charge is -2.19. The van der Waals surface area contributed by atoms with Crippen molar-refractivity contribution in [1.82, 2.24) is 10.6 Å². The van der Waals surface area contributed by atoms with E-state index in [0.717, 1.165) is 16.0 Å². The molecule has 7 heteroatoms. The van der Waals surface area contributed by atoms with Crippen molar-refractivity contribution in [3.63, 3.8) is 0 Å². The standard InChI is InChI=1S/C26H28N2O4S/c1-5-21(18-10-8-17(2)9-11-18)27-26(30)22(16-20-7-6-14-33-20)28-25(29)19-12-13-23(31-3)24(15-19)32-4/h6-16,21H,5H2,1-4H3,(H,27,30)(H,28,29)/b22-16-/t21-/m0/s1. The van der Waals surface area contributed by atoms with Gasteiger partial charge in [-0.2, -0.15) is 0 Å². The number of benzene rings is 2. The van der Waals surface area contributed by atoms with E-state index < -0.39 is 5.91 Å². The number of ether oxygens (including phenoxy) is 2. The fourth-order valence-corrected chi connectivity index (χ4v) is 3.96. The van der Waals surface area contributed by atoms with Crippen LogP contribution >= 0.6 is 11.3 Å². The predicted octanol–water partition coefficient (Wildman–Crippen LogP) is 5.11. The van der Waals surface area contributed by atoms with Crippen molar-refractivity contribution in [2.24, 2.45) is 0 Å². The summed E-state index contributed by atoms with van der Waals surface area (Å²) in [7, 11) is 3.03. The van der Waals surface area contributed by atoms with E-state index >= 15 is 0 Å². The molecule has 172 valence electrons. The Morgan fingerprint density at radius 1 is 1.03 bits per heavy atom. The summed E-state index contributed by atoms with van der Waals surface area (Å²) in [5.74, 6) is 0.177. The molecule has 0 aliphatic rings. The highest BCUT2D eigenvalue weighted by Crippen LogP contribution is 2.27. The maximum absolute atomic E-state index is 13.2. The smallest absolute Gasteiger partial charge is 0.268 e. The first kappa shape index (κ1) is 24.1. The fourth-order valence-electron chi connectivity index (χ4n) is 3.30. The second-order valence-electron chi connectivity index (χ2n) is 7.44. The van der Waals surface area contributed by atoms with E-state index in [1.54, 1.807) is 24.3 Å². The highest BCUT2D eigenvalue weighted by molar-refractivity contribution is 7.10. The van der Waals surface area contributed by atoms with Gasteiger partial charge in [-0.05, 0) is 54.6 Å². The van der Waals surface area contributed by atoms with Crippen LogP contribution in [0.2, 0.25) is 0 Å². The SMILES string of the molecule is CC[C@H](NC(=O)/C(=C/c1cccs1)NC(=O)c1ccc(OC)c(OC)c1)c1ccc(C)cc1. The summed E-state index contributed by atoms with van der Waals surface area (Å²) < 4.78 is 10.5. The van der Waals surface area contributed by atoms with Gasteiger partial charge in [0.1, 0.15) is 5.70 Å². The van der Waals surface area contributed by atoms with Crippen molar-refractivity contribution in [2.75, 3.05) is 14.2 Å². The van der Waals surface area contributed by atoms with Crippen molar-refractivity contribution in [3.8, 4) is 11.5 Å². The average molecular weight is 465 g/mol. The molecule has 0 radical (unpaired) electrons. The second kappa shape index (κ2) is 11.3. The summed E-state index contributed by atoms with van der Waals surface area (Å²) in [6, 6.07) is 16.5. The fraction of sp³-hybridized carbons (Fsp3) is 0.231. The van der Waals surface area contributed by atoms with Crippen molar-refractivity contribution in [2.45, 2.75) is 26.3 Å². The van der Waals surface area contributed by atoms with Crippen LogP contribution in [0.25, 0.3) is 6.08 Å². The summed E-state index contributed by atoms with van der Waals surface area (Å²) in [5.41, 5.74) is 2.68. The first-order valence-corrected chi connectivity index (χ1v) is 11.5. The van der Waals surface area contributed by atoms with Crippen LogP contribution < -0.4 is 20.1 Å². The lowest BCUT2D eigenvalue weighted by molar-refractivity contribution is -0.118. The monoisotopic (exact) mass is 464 g/mol. The average Bonchev–Trinajstić information content (AvgIpc) is 3.35. The lowest BCUT2D eigenvalue weighted by Crippen LogP contribution is -2.36. The largest absolute Gasteiger partial charge is 0.493 e. The molecule has 0 bridgehead atoms. The van der Waals surface area contributed by atoms with Gasteiger partial charge in [0.15, 0.2) is 11.5 Å². The molecule has 2 N–H and O–H groups in total. The number of amides is 2. The molecule has 0 saturated heterocycles. The highest BCUT2D eigenvalue weighted by atomic mass is 32.1. The molecule has 3 rings (SSSR count). The van der Waals surface area contributed by atoms with E-state index in [-0.39, 0.29) is 17.6 Å². The number of rotatable bonds is 9. The maximum atomic E-state index is 13.2. The number of carbonyl (C=O) groups excluding carboxylic acids is 2. The Labute approximate surface area is 198 Å². The zero-order chi connectivity index (χ0) is 23.8. The molecule has 0 aliphatic heterocycles. The molecular formula is C26H28N2O4S. The van der Waals surface area contributed by atoms with E-state index in [0.29, 0.717) is 23.5 Å². The van der Waals surface area contributed by atoms with Crippen LogP contribution in [0.1, 0.15) is 45.7 Å². The Morgan fingerprint density at radius 2 is 1.76 bits per heavy atom. The Hall–Kier alpha value is -3.58. The molecule has 1 atom stereocenters. The first-order chi connectivity index (χ1) is 15.9. The van der Waals surface area contributed by atoms with Crippen LogP contribution in [0.3, 0.4) is 0 Å². The molecule has 0 spiro atoms. The van der Waals surface area contributed by atoms with Crippen LogP contribution in [0.4, 0.5) is 0 Å². The summed E-state index contributed by atoms with van der Waals surface area (Å²) >= 11 is 1.48. The molecule has 0 unspecified atom stereocenters. The van der Waals surface area contributed by atoms with Crippen LogP contribution in [0.5, 0.6) is 11.5 Å². The molecule has 2 amide bonds. The summed E-state index contributed by atoms with van der Waals surface area (Å²) in [6.07, 6.45) is 2.39. The third-order valence-corrected chi connectivity index (χ3v) is 5.98. The quantitative estimate of drug-likeness (QED) is 0.432. The Balaban J connectivity index is 1.85. The second-order valence-corrected chi connectivity index (χ2v) is 8.42. The molecule has 33 heavy (non-hydrogen) atoms. The third-order valence-electron chi connectivity index (χ3n) is 5.16. The molecule has 1 aromatic heterocycles. The topological polar surface area (TPSA) is 76.7 Å². The number of hydrogen-bond donors (Lipinski definition) is 2. The van der Waals surface area contributed by atoms with Crippen LogP contribution in [0.15, 0.2) is 65.7 Å². The Morgan fingerprint density at radius 3 is 2.36 bits per heavy atom. The minimum absolute atomic E-state index is 0.169. The first-order valence-electron chi connectivity index (χ1n) is 10.6. The number of methoxy groups -OCH3 is 2. The summed E-state index contributed by atoms with van der Waals surface area (Å²) in [4.78, 5) is 27.1. The molecule has 1 heterocycles. The van der Waals surface area contributed by atoms with E-state index in [1.165, 1.54) is 25.6 Å². The molecule has 6 nitrogen and oxygen atoms in total. The lowest BCUT2D eigenvalue weighted by atomic mass is 10.0. The minimum atomic E-state index is -0.419. The molecule has 0 aliphatic carbocycles. The van der Waals surface area contributed by atoms with Crippen molar-refractivity contribution in [1.29, 1.82) is 0 Å². The predicted molar refractivity (Wildman–Crippen MR) is 132 cm³/mol. The number of carbonyl (C=O) groups is 2. The van der Waals surface area contributed by atoms with E-state index in [2.05, 4.69) is 10.6 Å². The molecular weight excluding hydrogens is 436 g/mol. The van der Waals surface area contributed by atoms with Crippen molar-refractivity contribution < 1.29 is 19.1 Å². The Bertz CT molecular complexity index is 1120. The number of hydrogen-bond acceptors (Lipinski definition) is 5. The molecule has 2 aromatic carbocycles. The number of aryl methyl sites for hydroxylation is 1. The van der Waals surface area contributed by atoms with Crippen molar-refractivity contribution >= 4 is 29.2 Å². The van der Waals surface area contributed by atoms with Gasteiger partial charge in [-0.15, -0.1) is 11.3 Å². The van der Waals surface area contributed by atoms with Gasteiger partial charge >= 0.3 is 0 Å². The van der Waals surface area contributed by atoms with Crippen molar-refractivity contribution in [3.05, 3.63) is 87.2 Å². The molecule has 3 aromatic rings. The maximum Gasteiger partial charge on any atom is 0.268 e. The van der Waals surface area contributed by atoms with Gasteiger partial charge in [0.2, 0.25) is 0 Å². The van der Waals surface area contributed by atoms with Gasteiger partial charge in [-0.3, -0.25) is 9.59 Å². The van der Waals surface area contributed by atoms with Gasteiger partial charge < -0.3 is 20.1 Å². The summed E-state index contributed by atoms with van der Waals surface area (Å²) in [5, 5.41) is 7.74. The summed E-state index contributed by atoms with van der Waals surface area (Å²) in [6.45, 7) is 4.03. The zero-order valence-electron chi connectivity index (χ0n) is 19.2. The number of thiophene rings is 1. The number of nitrogens with one attached hydrogen (secondary N) is 2. The zero-order valence-corrected chi connectivity index (χ0v) is 20.0. The van der Waals surface area contributed by atoms with Crippen LogP contribution in [-0.2, 0) is 4.79 Å². The molecule has 0 fully saturated rings. The van der Waals surface area contributed by atoms with Crippen LogP contribution in [-0.4, -0.2) is 26.0 Å². The van der Waals surface area contributed by atoms with E-state index in [9.17, 15) is 9.59 Å². The van der Waals surface area contributed by atoms with Gasteiger partial charge in [-0.25, -0.2) is 0 Å². The molecule has 0 saturated carbocycles.